The molecule has 0 aliphatic heterocycles. The molecule has 2 nitrogen and oxygen atoms in total. The summed E-state index contributed by atoms with van der Waals surface area (Å²) in [7, 11) is 0. The van der Waals surface area contributed by atoms with Crippen molar-refractivity contribution in [1.82, 2.24) is 5.32 Å². The molecule has 1 fully saturated rings. The number of rotatable bonds is 4. The summed E-state index contributed by atoms with van der Waals surface area (Å²) in [5.41, 5.74) is 2.33. The molecule has 2 N–H and O–H groups in total. The molecule has 1 aliphatic rings. The lowest BCUT2D eigenvalue weighted by molar-refractivity contribution is 0.205. The number of aliphatic hydroxyl groups excluding tert-OH is 1. The van der Waals surface area contributed by atoms with Crippen molar-refractivity contribution in [2.24, 2.45) is 5.92 Å². The minimum Gasteiger partial charge on any atom is -0.396 e. The second-order valence-electron chi connectivity index (χ2n) is 4.94. The Kier molecular flexibility index (Phi) is 4.43. The van der Waals surface area contributed by atoms with Crippen molar-refractivity contribution in [3.8, 4) is 0 Å². The zero-order chi connectivity index (χ0) is 12.3. The largest absolute Gasteiger partial charge is 0.396 e. The summed E-state index contributed by atoms with van der Waals surface area (Å²) in [6.45, 7) is 3.14. The maximum absolute atomic E-state index is 9.25. The predicted octanol–water partition coefficient (Wildman–Crippen LogP) is 2.90. The van der Waals surface area contributed by atoms with Gasteiger partial charge in [-0.2, -0.15) is 0 Å². The molecule has 2 unspecified atom stereocenters. The standard InChI is InChI=1S/C14H20ClNO/c1-10-5-6-11(7-13(10)15)8-16-14-4-2-3-12(14)9-17/h5-7,12,14,16-17H,2-4,8-9H2,1H3. The van der Waals surface area contributed by atoms with Gasteiger partial charge in [-0.05, 0) is 42.9 Å². The molecule has 3 heteroatoms. The lowest BCUT2D eigenvalue weighted by Crippen LogP contribution is -2.33. The van der Waals surface area contributed by atoms with Gasteiger partial charge in [0.2, 0.25) is 0 Å². The van der Waals surface area contributed by atoms with Crippen molar-refractivity contribution in [3.63, 3.8) is 0 Å². The molecule has 17 heavy (non-hydrogen) atoms. The Hall–Kier alpha value is -0.570. The minimum absolute atomic E-state index is 0.298. The molecule has 0 radical (unpaired) electrons. The van der Waals surface area contributed by atoms with E-state index in [1.54, 1.807) is 0 Å². The topological polar surface area (TPSA) is 32.3 Å². The number of aliphatic hydroxyl groups is 1. The van der Waals surface area contributed by atoms with E-state index in [4.69, 9.17) is 11.6 Å². The van der Waals surface area contributed by atoms with Gasteiger partial charge in [-0.3, -0.25) is 0 Å². The van der Waals surface area contributed by atoms with Crippen molar-refractivity contribution >= 4 is 11.6 Å². The third-order valence-corrected chi connectivity index (χ3v) is 4.11. The molecule has 94 valence electrons. The van der Waals surface area contributed by atoms with Crippen LogP contribution in [0.4, 0.5) is 0 Å². The number of nitrogens with one attached hydrogen (secondary N) is 1. The van der Waals surface area contributed by atoms with E-state index in [-0.39, 0.29) is 0 Å². The fourth-order valence-corrected chi connectivity index (χ4v) is 2.72. The van der Waals surface area contributed by atoms with E-state index in [0.717, 1.165) is 23.6 Å². The average molecular weight is 254 g/mol. The van der Waals surface area contributed by atoms with E-state index in [2.05, 4.69) is 17.4 Å². The van der Waals surface area contributed by atoms with Gasteiger partial charge in [0.25, 0.3) is 0 Å². The number of halogens is 1. The highest BCUT2D eigenvalue weighted by Gasteiger charge is 2.25. The molecule has 0 saturated heterocycles. The highest BCUT2D eigenvalue weighted by atomic mass is 35.5. The van der Waals surface area contributed by atoms with Crippen molar-refractivity contribution in [2.45, 2.75) is 38.8 Å². The zero-order valence-electron chi connectivity index (χ0n) is 10.2. The van der Waals surface area contributed by atoms with Crippen LogP contribution in [-0.2, 0) is 6.54 Å². The van der Waals surface area contributed by atoms with E-state index in [0.29, 0.717) is 18.6 Å². The summed E-state index contributed by atoms with van der Waals surface area (Å²) in [6, 6.07) is 6.64. The average Bonchev–Trinajstić information content (AvgIpc) is 2.78. The number of benzene rings is 1. The highest BCUT2D eigenvalue weighted by Crippen LogP contribution is 2.25. The first kappa shape index (κ1) is 12.9. The lowest BCUT2D eigenvalue weighted by Gasteiger charge is -2.19. The quantitative estimate of drug-likeness (QED) is 0.865. The second kappa shape index (κ2) is 5.85. The van der Waals surface area contributed by atoms with E-state index < -0.39 is 0 Å². The fourth-order valence-electron chi connectivity index (χ4n) is 2.52. The van der Waals surface area contributed by atoms with Gasteiger partial charge in [0.15, 0.2) is 0 Å². The SMILES string of the molecule is Cc1ccc(CNC2CCCC2CO)cc1Cl. The third kappa shape index (κ3) is 3.21. The Balaban J connectivity index is 1.91. The molecule has 0 spiro atoms. The highest BCUT2D eigenvalue weighted by molar-refractivity contribution is 6.31. The van der Waals surface area contributed by atoms with Crippen molar-refractivity contribution in [2.75, 3.05) is 6.61 Å². The van der Waals surface area contributed by atoms with Crippen LogP contribution in [0.3, 0.4) is 0 Å². The first-order valence-corrected chi connectivity index (χ1v) is 6.68. The zero-order valence-corrected chi connectivity index (χ0v) is 11.0. The van der Waals surface area contributed by atoms with Gasteiger partial charge in [-0.1, -0.05) is 30.2 Å². The predicted molar refractivity (Wildman–Crippen MR) is 71.2 cm³/mol. The number of hydrogen-bond acceptors (Lipinski definition) is 2. The second-order valence-corrected chi connectivity index (χ2v) is 5.35. The molecule has 0 aromatic heterocycles. The summed E-state index contributed by atoms with van der Waals surface area (Å²) >= 11 is 6.10. The van der Waals surface area contributed by atoms with Crippen molar-refractivity contribution in [3.05, 3.63) is 34.3 Å². The van der Waals surface area contributed by atoms with Crippen molar-refractivity contribution in [1.29, 1.82) is 0 Å². The van der Waals surface area contributed by atoms with Crippen LogP contribution < -0.4 is 5.32 Å². The van der Waals surface area contributed by atoms with E-state index >= 15 is 0 Å². The van der Waals surface area contributed by atoms with Crippen LogP contribution in [0.2, 0.25) is 5.02 Å². The first-order chi connectivity index (χ1) is 8.20. The van der Waals surface area contributed by atoms with E-state index in [1.807, 2.05) is 13.0 Å². The van der Waals surface area contributed by atoms with Crippen LogP contribution in [-0.4, -0.2) is 17.8 Å². The first-order valence-electron chi connectivity index (χ1n) is 6.30. The van der Waals surface area contributed by atoms with Gasteiger partial charge >= 0.3 is 0 Å². The Morgan fingerprint density at radius 1 is 1.41 bits per heavy atom. The van der Waals surface area contributed by atoms with Crippen molar-refractivity contribution < 1.29 is 5.11 Å². The minimum atomic E-state index is 0.298. The van der Waals surface area contributed by atoms with Crippen LogP contribution in [0.25, 0.3) is 0 Å². The molecule has 0 bridgehead atoms. The third-order valence-electron chi connectivity index (χ3n) is 3.70. The summed E-state index contributed by atoms with van der Waals surface area (Å²) in [4.78, 5) is 0. The molecule has 1 aliphatic carbocycles. The maximum Gasteiger partial charge on any atom is 0.0474 e. The van der Waals surface area contributed by atoms with Gasteiger partial charge in [-0.15, -0.1) is 0 Å². The van der Waals surface area contributed by atoms with Gasteiger partial charge in [0.05, 0.1) is 0 Å². The van der Waals surface area contributed by atoms with Crippen LogP contribution in [0.1, 0.15) is 30.4 Å². The molecule has 1 saturated carbocycles. The Labute approximate surface area is 108 Å². The molecular weight excluding hydrogens is 234 g/mol. The summed E-state index contributed by atoms with van der Waals surface area (Å²) in [6.07, 6.45) is 3.53. The van der Waals surface area contributed by atoms with E-state index in [1.165, 1.54) is 18.4 Å². The Morgan fingerprint density at radius 3 is 2.94 bits per heavy atom. The van der Waals surface area contributed by atoms with E-state index in [9.17, 15) is 5.11 Å². The molecule has 1 aromatic carbocycles. The van der Waals surface area contributed by atoms with Gasteiger partial charge in [-0.25, -0.2) is 0 Å². The van der Waals surface area contributed by atoms with Crippen LogP contribution in [0.15, 0.2) is 18.2 Å². The normalized spacial score (nSPS) is 24.2. The number of aryl methyl sites for hydroxylation is 1. The fraction of sp³-hybridized carbons (Fsp3) is 0.571. The Bertz CT molecular complexity index is 380. The summed E-state index contributed by atoms with van der Waals surface area (Å²) < 4.78 is 0. The maximum atomic E-state index is 9.25. The van der Waals surface area contributed by atoms with Gasteiger partial charge in [0.1, 0.15) is 0 Å². The molecule has 2 atom stereocenters. The molecule has 0 amide bonds. The summed E-state index contributed by atoms with van der Waals surface area (Å²) in [5, 5.41) is 13.6. The van der Waals surface area contributed by atoms with Crippen LogP contribution in [0, 0.1) is 12.8 Å². The van der Waals surface area contributed by atoms with Crippen LogP contribution in [0.5, 0.6) is 0 Å². The summed E-state index contributed by atoms with van der Waals surface area (Å²) in [5.74, 6) is 0.427. The Morgan fingerprint density at radius 2 is 2.24 bits per heavy atom. The molecule has 1 aromatic rings. The van der Waals surface area contributed by atoms with Crippen LogP contribution >= 0.6 is 11.6 Å². The smallest absolute Gasteiger partial charge is 0.0474 e. The number of hydrogen-bond donors (Lipinski definition) is 2. The monoisotopic (exact) mass is 253 g/mol. The lowest BCUT2D eigenvalue weighted by atomic mass is 10.0. The molecule has 2 rings (SSSR count). The van der Waals surface area contributed by atoms with Gasteiger partial charge < -0.3 is 10.4 Å². The molecule has 0 heterocycles. The van der Waals surface area contributed by atoms with Gasteiger partial charge in [0, 0.05) is 24.2 Å². The molecular formula is C14H20ClNO.